The fourth-order valence-corrected chi connectivity index (χ4v) is 3.02. The monoisotopic (exact) mass is 394 g/mol. The van der Waals surface area contributed by atoms with E-state index in [1.807, 2.05) is 36.6 Å². The molecular formula is C19H30N4O3S. The Balaban J connectivity index is 2.91. The number of hydrogen-bond acceptors (Lipinski definition) is 5. The molecule has 0 radical (unpaired) electrons. The van der Waals surface area contributed by atoms with Gasteiger partial charge in [-0.2, -0.15) is 11.8 Å². The Morgan fingerprint density at radius 2 is 1.70 bits per heavy atom. The molecule has 0 fully saturated rings. The molecule has 0 unspecified atom stereocenters. The molecule has 0 aromatic heterocycles. The van der Waals surface area contributed by atoms with E-state index >= 15 is 0 Å². The summed E-state index contributed by atoms with van der Waals surface area (Å²) in [6.45, 7) is 3.58. The number of benzene rings is 1. The number of amides is 3. The summed E-state index contributed by atoms with van der Waals surface area (Å²) in [5.74, 6) is -0.869. The topological polar surface area (TPSA) is 127 Å². The second-order valence-corrected chi connectivity index (χ2v) is 7.76. The van der Waals surface area contributed by atoms with Gasteiger partial charge in [-0.3, -0.25) is 14.4 Å². The van der Waals surface area contributed by atoms with E-state index in [1.54, 1.807) is 25.6 Å². The molecule has 0 saturated carbocycles. The molecule has 7 nitrogen and oxygen atoms in total. The molecule has 150 valence electrons. The van der Waals surface area contributed by atoms with Gasteiger partial charge in [0.1, 0.15) is 12.1 Å². The predicted molar refractivity (Wildman–Crippen MR) is 109 cm³/mol. The Labute approximate surface area is 165 Å². The largest absolute Gasteiger partial charge is 0.368 e. The van der Waals surface area contributed by atoms with Crippen molar-refractivity contribution in [1.29, 1.82) is 0 Å². The number of nitrogens with one attached hydrogen (secondary N) is 2. The number of thioether (sulfide) groups is 1. The maximum atomic E-state index is 12.8. The summed E-state index contributed by atoms with van der Waals surface area (Å²) in [5.41, 5.74) is 12.2. The van der Waals surface area contributed by atoms with Crippen LogP contribution in [-0.4, -0.2) is 47.9 Å². The molecule has 27 heavy (non-hydrogen) atoms. The molecular weight excluding hydrogens is 364 g/mol. The lowest BCUT2D eigenvalue weighted by atomic mass is 10.0. The minimum atomic E-state index is -0.846. The lowest BCUT2D eigenvalue weighted by molar-refractivity contribution is -0.132. The molecule has 0 aliphatic rings. The first kappa shape index (κ1) is 23.0. The van der Waals surface area contributed by atoms with E-state index in [0.29, 0.717) is 6.42 Å². The average molecular weight is 395 g/mol. The van der Waals surface area contributed by atoms with Crippen LogP contribution in [-0.2, 0) is 20.8 Å². The van der Waals surface area contributed by atoms with E-state index in [-0.39, 0.29) is 18.2 Å². The van der Waals surface area contributed by atoms with Crippen molar-refractivity contribution in [3.8, 4) is 0 Å². The molecule has 0 spiro atoms. The zero-order valence-corrected chi connectivity index (χ0v) is 16.9. The Hall–Kier alpha value is -2.06. The van der Waals surface area contributed by atoms with Crippen LogP contribution in [0.15, 0.2) is 30.3 Å². The third-order valence-corrected chi connectivity index (χ3v) is 4.80. The Morgan fingerprint density at radius 1 is 1.07 bits per heavy atom. The summed E-state index contributed by atoms with van der Waals surface area (Å²) in [6, 6.07) is 6.98. The van der Waals surface area contributed by atoms with E-state index in [1.165, 1.54) is 0 Å². The highest BCUT2D eigenvalue weighted by Crippen LogP contribution is 2.07. The quantitative estimate of drug-likeness (QED) is 0.433. The molecule has 8 heteroatoms. The first-order chi connectivity index (χ1) is 12.8. The van der Waals surface area contributed by atoms with Gasteiger partial charge in [-0.1, -0.05) is 44.2 Å². The summed E-state index contributed by atoms with van der Waals surface area (Å²) in [5, 5.41) is 5.37. The van der Waals surface area contributed by atoms with Crippen LogP contribution >= 0.6 is 11.8 Å². The van der Waals surface area contributed by atoms with Gasteiger partial charge in [0.2, 0.25) is 17.7 Å². The number of rotatable bonds is 11. The lowest BCUT2D eigenvalue weighted by Gasteiger charge is -2.25. The van der Waals surface area contributed by atoms with Crippen LogP contribution in [0.1, 0.15) is 25.8 Å². The van der Waals surface area contributed by atoms with E-state index in [0.717, 1.165) is 11.3 Å². The summed E-state index contributed by atoms with van der Waals surface area (Å²) >= 11 is 1.60. The first-order valence-corrected chi connectivity index (χ1v) is 10.3. The van der Waals surface area contributed by atoms with Gasteiger partial charge in [-0.15, -0.1) is 0 Å². The van der Waals surface area contributed by atoms with Crippen LogP contribution in [0.2, 0.25) is 0 Å². The number of carbonyl (C=O) groups is 3. The summed E-state index contributed by atoms with van der Waals surface area (Å²) < 4.78 is 0. The van der Waals surface area contributed by atoms with Gasteiger partial charge >= 0.3 is 0 Å². The van der Waals surface area contributed by atoms with Crippen molar-refractivity contribution in [2.24, 2.45) is 17.4 Å². The average Bonchev–Trinajstić information content (AvgIpc) is 2.63. The second-order valence-electron chi connectivity index (χ2n) is 6.77. The highest BCUT2D eigenvalue weighted by atomic mass is 32.2. The zero-order chi connectivity index (χ0) is 20.4. The summed E-state index contributed by atoms with van der Waals surface area (Å²) in [7, 11) is 0. The number of primary amides is 1. The molecule has 1 aromatic rings. The summed E-state index contributed by atoms with van der Waals surface area (Å²) in [6.07, 6.45) is 2.74. The van der Waals surface area contributed by atoms with Crippen LogP contribution in [0.4, 0.5) is 0 Å². The smallest absolute Gasteiger partial charge is 0.243 e. The Kier molecular flexibility index (Phi) is 9.88. The van der Waals surface area contributed by atoms with Crippen molar-refractivity contribution in [1.82, 2.24) is 10.6 Å². The van der Waals surface area contributed by atoms with Crippen molar-refractivity contribution in [3.63, 3.8) is 0 Å². The molecule has 6 N–H and O–H groups in total. The van der Waals surface area contributed by atoms with Crippen molar-refractivity contribution in [2.75, 3.05) is 12.0 Å². The third-order valence-electron chi connectivity index (χ3n) is 4.16. The van der Waals surface area contributed by atoms with Gasteiger partial charge in [-0.05, 0) is 29.9 Å². The molecule has 1 aromatic carbocycles. The van der Waals surface area contributed by atoms with Gasteiger partial charge in [0, 0.05) is 6.42 Å². The second kappa shape index (κ2) is 11.6. The zero-order valence-electron chi connectivity index (χ0n) is 16.1. The molecule has 0 aliphatic carbocycles. The fraction of sp³-hybridized carbons (Fsp3) is 0.526. The van der Waals surface area contributed by atoms with Crippen LogP contribution in [0, 0.1) is 5.92 Å². The van der Waals surface area contributed by atoms with Crippen LogP contribution in [0.5, 0.6) is 0 Å². The molecule has 0 heterocycles. The molecule has 0 bridgehead atoms. The number of hydrogen-bond donors (Lipinski definition) is 4. The SMILES string of the molecule is CSCC[C@H](N)C(=O)N[C@@H](Cc1ccccc1)C(=O)N[C@H](C(N)=O)C(C)C. The highest BCUT2D eigenvalue weighted by molar-refractivity contribution is 7.98. The van der Waals surface area contributed by atoms with Gasteiger partial charge < -0.3 is 22.1 Å². The maximum Gasteiger partial charge on any atom is 0.243 e. The van der Waals surface area contributed by atoms with Crippen LogP contribution in [0.3, 0.4) is 0 Å². The van der Waals surface area contributed by atoms with E-state index in [4.69, 9.17) is 11.5 Å². The van der Waals surface area contributed by atoms with Crippen molar-refractivity contribution in [2.45, 2.75) is 44.8 Å². The van der Waals surface area contributed by atoms with Crippen LogP contribution < -0.4 is 22.1 Å². The van der Waals surface area contributed by atoms with E-state index < -0.39 is 29.9 Å². The molecule has 3 atom stereocenters. The number of carbonyl (C=O) groups excluding carboxylic acids is 3. The normalized spacial score (nSPS) is 14.3. The maximum absolute atomic E-state index is 12.8. The van der Waals surface area contributed by atoms with Crippen LogP contribution in [0.25, 0.3) is 0 Å². The summed E-state index contributed by atoms with van der Waals surface area (Å²) in [4.78, 5) is 36.8. The highest BCUT2D eigenvalue weighted by Gasteiger charge is 2.28. The van der Waals surface area contributed by atoms with Gasteiger partial charge in [0.25, 0.3) is 0 Å². The minimum Gasteiger partial charge on any atom is -0.368 e. The van der Waals surface area contributed by atoms with Crippen molar-refractivity contribution < 1.29 is 14.4 Å². The Bertz CT molecular complexity index is 625. The molecule has 0 saturated heterocycles. The predicted octanol–water partition coefficient (Wildman–Crippen LogP) is 0.420. The number of nitrogens with two attached hydrogens (primary N) is 2. The molecule has 3 amide bonds. The molecule has 0 aliphatic heterocycles. The van der Waals surface area contributed by atoms with E-state index in [9.17, 15) is 14.4 Å². The first-order valence-electron chi connectivity index (χ1n) is 8.94. The standard InChI is InChI=1S/C19H30N4O3S/c1-12(2)16(17(21)24)23-19(26)15(11-13-7-5-4-6-8-13)22-18(25)14(20)9-10-27-3/h4-8,12,14-16H,9-11,20H2,1-3H3,(H2,21,24)(H,22,25)(H,23,26)/t14-,15-,16-/m0/s1. The van der Waals surface area contributed by atoms with Gasteiger partial charge in [-0.25, -0.2) is 0 Å². The fourth-order valence-electron chi connectivity index (χ4n) is 2.53. The van der Waals surface area contributed by atoms with Crippen molar-refractivity contribution in [3.05, 3.63) is 35.9 Å². The van der Waals surface area contributed by atoms with Crippen molar-refractivity contribution >= 4 is 29.5 Å². The van der Waals surface area contributed by atoms with E-state index in [2.05, 4.69) is 10.6 Å². The minimum absolute atomic E-state index is 0.164. The third kappa shape index (κ3) is 8.01. The molecule has 1 rings (SSSR count). The van der Waals surface area contributed by atoms with Gasteiger partial charge in [0.15, 0.2) is 0 Å². The lowest BCUT2D eigenvalue weighted by Crippen LogP contribution is -2.57. The Morgan fingerprint density at radius 3 is 2.22 bits per heavy atom. The van der Waals surface area contributed by atoms with Gasteiger partial charge in [0.05, 0.1) is 6.04 Å².